The Labute approximate surface area is 171 Å². The van der Waals surface area contributed by atoms with E-state index >= 15 is 0 Å². The third-order valence-electron chi connectivity index (χ3n) is 4.44. The molecule has 1 saturated heterocycles. The summed E-state index contributed by atoms with van der Waals surface area (Å²) in [5.41, 5.74) is 2.09. The van der Waals surface area contributed by atoms with Gasteiger partial charge in [0.15, 0.2) is 5.13 Å². The first-order valence-electron chi connectivity index (χ1n) is 8.75. The van der Waals surface area contributed by atoms with Gasteiger partial charge in [0.1, 0.15) is 10.3 Å². The second-order valence-electron chi connectivity index (χ2n) is 6.31. The lowest BCUT2D eigenvalue weighted by Gasteiger charge is -2.34. The minimum Gasteiger partial charge on any atom is -0.344 e. The van der Waals surface area contributed by atoms with Gasteiger partial charge < -0.3 is 9.80 Å². The average molecular weight is 419 g/mol. The second-order valence-corrected chi connectivity index (χ2v) is 8.69. The zero-order valence-corrected chi connectivity index (χ0v) is 17.1. The van der Waals surface area contributed by atoms with Gasteiger partial charge in [0.25, 0.3) is 0 Å². The van der Waals surface area contributed by atoms with Gasteiger partial charge in [-0.25, -0.2) is 9.97 Å². The van der Waals surface area contributed by atoms with Crippen LogP contribution in [0.4, 0.5) is 5.13 Å². The Kier molecular flexibility index (Phi) is 5.80. The van der Waals surface area contributed by atoms with Crippen LogP contribution in [-0.4, -0.2) is 52.7 Å². The van der Waals surface area contributed by atoms with E-state index in [0.29, 0.717) is 5.75 Å². The molecular weight excluding hydrogens is 400 g/mol. The fourth-order valence-corrected chi connectivity index (χ4v) is 5.06. The third-order valence-corrected chi connectivity index (χ3v) is 6.70. The Bertz CT molecular complexity index is 907. The SMILES string of the molecule is O=C(CSCc1cccc(Cl)c1)N1CCN(c2nc3cccnc3s2)CC1. The molecule has 1 aliphatic rings. The molecule has 1 aliphatic heterocycles. The van der Waals surface area contributed by atoms with E-state index in [4.69, 9.17) is 11.6 Å². The van der Waals surface area contributed by atoms with Crippen molar-refractivity contribution in [3.05, 3.63) is 53.2 Å². The fourth-order valence-electron chi connectivity index (χ4n) is 3.02. The van der Waals surface area contributed by atoms with Crippen LogP contribution in [0, 0.1) is 0 Å². The number of halogens is 1. The van der Waals surface area contributed by atoms with Crippen LogP contribution in [0.1, 0.15) is 5.56 Å². The quantitative estimate of drug-likeness (QED) is 0.628. The van der Waals surface area contributed by atoms with Crippen molar-refractivity contribution in [2.24, 2.45) is 0 Å². The maximum absolute atomic E-state index is 12.5. The van der Waals surface area contributed by atoms with Crippen LogP contribution in [0.15, 0.2) is 42.6 Å². The molecule has 8 heteroatoms. The number of nitrogens with zero attached hydrogens (tertiary/aromatic N) is 4. The van der Waals surface area contributed by atoms with Crippen LogP contribution in [0.25, 0.3) is 10.3 Å². The number of piperazine rings is 1. The van der Waals surface area contributed by atoms with E-state index in [1.54, 1.807) is 29.3 Å². The molecule has 140 valence electrons. The number of aromatic nitrogens is 2. The van der Waals surface area contributed by atoms with Gasteiger partial charge in [0.05, 0.1) is 5.75 Å². The summed E-state index contributed by atoms with van der Waals surface area (Å²) >= 11 is 9.25. The number of amides is 1. The van der Waals surface area contributed by atoms with Gasteiger partial charge in [0.2, 0.25) is 5.91 Å². The number of pyridine rings is 1. The number of carbonyl (C=O) groups is 1. The molecule has 2 aromatic heterocycles. The van der Waals surface area contributed by atoms with Crippen molar-refractivity contribution in [1.82, 2.24) is 14.9 Å². The zero-order chi connectivity index (χ0) is 18.6. The summed E-state index contributed by atoms with van der Waals surface area (Å²) in [5.74, 6) is 1.50. The number of fused-ring (bicyclic) bond motifs is 1. The number of anilines is 1. The number of carbonyl (C=O) groups excluding carboxylic acids is 1. The van der Waals surface area contributed by atoms with Gasteiger partial charge in [-0.15, -0.1) is 11.8 Å². The van der Waals surface area contributed by atoms with E-state index < -0.39 is 0 Å². The summed E-state index contributed by atoms with van der Waals surface area (Å²) in [5, 5.41) is 1.73. The Morgan fingerprint density at radius 3 is 2.81 bits per heavy atom. The Hall–Kier alpha value is -1.83. The lowest BCUT2D eigenvalue weighted by Crippen LogP contribution is -2.49. The number of hydrogen-bond acceptors (Lipinski definition) is 6. The Balaban J connectivity index is 1.26. The van der Waals surface area contributed by atoms with Crippen LogP contribution < -0.4 is 4.90 Å². The first-order chi connectivity index (χ1) is 13.2. The van der Waals surface area contributed by atoms with Crippen LogP contribution in [-0.2, 0) is 10.5 Å². The van der Waals surface area contributed by atoms with Gasteiger partial charge in [-0.05, 0) is 29.8 Å². The number of rotatable bonds is 5. The molecule has 0 radical (unpaired) electrons. The molecule has 0 atom stereocenters. The summed E-state index contributed by atoms with van der Waals surface area (Å²) < 4.78 is 0. The Morgan fingerprint density at radius 2 is 2.04 bits per heavy atom. The number of thiazole rings is 1. The third kappa shape index (κ3) is 4.54. The number of thioether (sulfide) groups is 1. The van der Waals surface area contributed by atoms with Crippen molar-refractivity contribution < 1.29 is 4.79 Å². The van der Waals surface area contributed by atoms with Gasteiger partial charge in [-0.2, -0.15) is 0 Å². The normalized spacial score (nSPS) is 14.7. The van der Waals surface area contributed by atoms with E-state index in [0.717, 1.165) is 58.0 Å². The monoisotopic (exact) mass is 418 g/mol. The highest BCUT2D eigenvalue weighted by Crippen LogP contribution is 2.27. The molecule has 3 aromatic rings. The van der Waals surface area contributed by atoms with Gasteiger partial charge in [-0.1, -0.05) is 35.1 Å². The summed E-state index contributed by atoms with van der Waals surface area (Å²) in [4.78, 5) is 26.7. The first-order valence-corrected chi connectivity index (χ1v) is 11.1. The Morgan fingerprint density at radius 1 is 1.19 bits per heavy atom. The molecule has 0 aliphatic carbocycles. The summed E-state index contributed by atoms with van der Waals surface area (Å²) in [6, 6.07) is 11.7. The topological polar surface area (TPSA) is 49.3 Å². The van der Waals surface area contributed by atoms with E-state index in [1.807, 2.05) is 41.3 Å². The van der Waals surface area contributed by atoms with E-state index in [1.165, 1.54) is 0 Å². The molecule has 5 nitrogen and oxygen atoms in total. The minimum absolute atomic E-state index is 0.202. The molecule has 3 heterocycles. The molecular formula is C19H19ClN4OS2. The van der Waals surface area contributed by atoms with Crippen molar-refractivity contribution in [2.75, 3.05) is 36.8 Å². The van der Waals surface area contributed by atoms with Crippen molar-refractivity contribution in [3.8, 4) is 0 Å². The van der Waals surface area contributed by atoms with Crippen molar-refractivity contribution >= 4 is 56.1 Å². The van der Waals surface area contributed by atoms with Crippen molar-refractivity contribution in [2.45, 2.75) is 5.75 Å². The summed E-state index contributed by atoms with van der Waals surface area (Å²) in [6.07, 6.45) is 1.79. The highest BCUT2D eigenvalue weighted by molar-refractivity contribution is 7.99. The molecule has 0 unspecified atom stereocenters. The molecule has 1 amide bonds. The number of benzene rings is 1. The predicted molar refractivity (Wildman–Crippen MR) is 114 cm³/mol. The maximum Gasteiger partial charge on any atom is 0.232 e. The lowest BCUT2D eigenvalue weighted by molar-refractivity contribution is -0.128. The molecule has 1 aromatic carbocycles. The maximum atomic E-state index is 12.5. The fraction of sp³-hybridized carbons (Fsp3) is 0.316. The first kappa shape index (κ1) is 18.5. The molecule has 0 spiro atoms. The molecule has 0 saturated carbocycles. The van der Waals surface area contributed by atoms with E-state index in [9.17, 15) is 4.79 Å². The lowest BCUT2D eigenvalue weighted by atomic mass is 10.2. The summed E-state index contributed by atoms with van der Waals surface area (Å²) in [7, 11) is 0. The smallest absolute Gasteiger partial charge is 0.232 e. The van der Waals surface area contributed by atoms with Crippen molar-refractivity contribution in [3.63, 3.8) is 0 Å². The van der Waals surface area contributed by atoms with Crippen LogP contribution in [0.2, 0.25) is 5.02 Å². The minimum atomic E-state index is 0.202. The van der Waals surface area contributed by atoms with E-state index in [2.05, 4.69) is 14.9 Å². The van der Waals surface area contributed by atoms with Crippen molar-refractivity contribution in [1.29, 1.82) is 0 Å². The highest BCUT2D eigenvalue weighted by Gasteiger charge is 2.23. The molecule has 1 fully saturated rings. The van der Waals surface area contributed by atoms with E-state index in [-0.39, 0.29) is 5.91 Å². The standard InChI is InChI=1S/C19H19ClN4OS2/c20-15-4-1-3-14(11-15)12-26-13-17(25)23-7-9-24(10-8-23)19-22-16-5-2-6-21-18(16)27-19/h1-6,11H,7-10,12-13H2. The highest BCUT2D eigenvalue weighted by atomic mass is 35.5. The van der Waals surface area contributed by atoms with Crippen LogP contribution >= 0.6 is 34.7 Å². The zero-order valence-electron chi connectivity index (χ0n) is 14.7. The molecule has 4 rings (SSSR count). The molecule has 0 bridgehead atoms. The molecule has 0 N–H and O–H groups in total. The second kappa shape index (κ2) is 8.46. The van der Waals surface area contributed by atoms with Gasteiger partial charge >= 0.3 is 0 Å². The predicted octanol–water partition coefficient (Wildman–Crippen LogP) is 3.93. The van der Waals surface area contributed by atoms with Crippen LogP contribution in [0.3, 0.4) is 0 Å². The molecule has 27 heavy (non-hydrogen) atoms. The average Bonchev–Trinajstić information content (AvgIpc) is 3.12. The van der Waals surface area contributed by atoms with Gasteiger partial charge in [-0.3, -0.25) is 4.79 Å². The summed E-state index contributed by atoms with van der Waals surface area (Å²) in [6.45, 7) is 3.09. The van der Waals surface area contributed by atoms with Gasteiger partial charge in [0, 0.05) is 43.2 Å². The number of hydrogen-bond donors (Lipinski definition) is 0. The van der Waals surface area contributed by atoms with Crippen LogP contribution in [0.5, 0.6) is 0 Å². The largest absolute Gasteiger partial charge is 0.344 e.